The lowest BCUT2D eigenvalue weighted by Crippen LogP contribution is -2.07. The van der Waals surface area contributed by atoms with Gasteiger partial charge in [0.15, 0.2) is 11.5 Å². The first-order valence-corrected chi connectivity index (χ1v) is 7.57. The van der Waals surface area contributed by atoms with Crippen LogP contribution in [0.5, 0.6) is 17.2 Å². The van der Waals surface area contributed by atoms with Crippen molar-refractivity contribution in [3.05, 3.63) is 28.8 Å². The maximum atomic E-state index is 11.5. The van der Waals surface area contributed by atoms with Gasteiger partial charge in [-0.1, -0.05) is 11.6 Å². The Morgan fingerprint density at radius 2 is 1.68 bits per heavy atom. The van der Waals surface area contributed by atoms with Gasteiger partial charge in [0, 0.05) is 28.3 Å². The molecule has 0 N–H and O–H groups in total. The highest BCUT2D eigenvalue weighted by molar-refractivity contribution is 6.31. The van der Waals surface area contributed by atoms with Gasteiger partial charge in [-0.2, -0.15) is 0 Å². The maximum Gasteiger partial charge on any atom is 0.308 e. The summed E-state index contributed by atoms with van der Waals surface area (Å²) in [4.78, 5) is 11.5. The second kappa shape index (κ2) is 6.88. The number of rotatable bonds is 5. The largest absolute Gasteiger partial charge is 0.493 e. The molecule has 0 aromatic heterocycles. The van der Waals surface area contributed by atoms with E-state index in [1.807, 2.05) is 20.8 Å². The second-order valence-electron chi connectivity index (χ2n) is 4.76. The lowest BCUT2D eigenvalue weighted by atomic mass is 10.0. The maximum absolute atomic E-state index is 11.5. The topological polar surface area (TPSA) is 44.8 Å². The monoisotopic (exact) mass is 322 g/mol. The number of hydrogen-bond donors (Lipinski definition) is 0. The molecule has 2 aromatic rings. The molecule has 0 aliphatic heterocycles. The van der Waals surface area contributed by atoms with Crippen LogP contribution in [0.3, 0.4) is 0 Å². The zero-order valence-corrected chi connectivity index (χ0v) is 13.9. The smallest absolute Gasteiger partial charge is 0.308 e. The summed E-state index contributed by atoms with van der Waals surface area (Å²) in [5.41, 5.74) is 0.787. The summed E-state index contributed by atoms with van der Waals surface area (Å²) in [6, 6.07) is 5.36. The molecule has 0 aliphatic carbocycles. The predicted molar refractivity (Wildman–Crippen MR) is 87.3 cm³/mol. The molecule has 0 saturated carbocycles. The van der Waals surface area contributed by atoms with E-state index in [-0.39, 0.29) is 0 Å². The predicted octanol–water partition coefficient (Wildman–Crippen LogP) is 4.52. The second-order valence-corrected chi connectivity index (χ2v) is 5.20. The molecule has 0 heterocycles. The van der Waals surface area contributed by atoms with Gasteiger partial charge in [0.05, 0.1) is 13.2 Å². The zero-order valence-electron chi connectivity index (χ0n) is 13.2. The number of carbonyl (C=O) groups excluding carboxylic acids is 1. The van der Waals surface area contributed by atoms with Crippen LogP contribution in [0.2, 0.25) is 5.02 Å². The van der Waals surface area contributed by atoms with Crippen LogP contribution in [0.4, 0.5) is 0 Å². The first kappa shape index (κ1) is 16.4. The molecule has 0 aliphatic rings. The molecule has 0 atom stereocenters. The quantitative estimate of drug-likeness (QED) is 0.599. The van der Waals surface area contributed by atoms with Gasteiger partial charge in [-0.15, -0.1) is 0 Å². The fourth-order valence-electron chi connectivity index (χ4n) is 2.39. The van der Waals surface area contributed by atoms with E-state index in [1.165, 1.54) is 6.92 Å². The summed E-state index contributed by atoms with van der Waals surface area (Å²) >= 11 is 6.11. The molecule has 0 spiro atoms. The number of ether oxygens (including phenoxy) is 3. The standard InChI is InChI=1S/C17H19ClO4/c1-5-20-15-10(3)16(21-6-2)17(22-11(4)19)13-8-7-12(18)9-14(13)15/h7-9H,5-6H2,1-4H3. The van der Waals surface area contributed by atoms with Crippen molar-refractivity contribution in [3.8, 4) is 17.2 Å². The van der Waals surface area contributed by atoms with E-state index in [0.29, 0.717) is 35.5 Å². The number of benzene rings is 2. The molecular formula is C17H19ClO4. The van der Waals surface area contributed by atoms with E-state index in [4.69, 9.17) is 25.8 Å². The minimum absolute atomic E-state index is 0.402. The van der Waals surface area contributed by atoms with Crippen LogP contribution in [-0.4, -0.2) is 19.2 Å². The highest BCUT2D eigenvalue weighted by atomic mass is 35.5. The number of esters is 1. The van der Waals surface area contributed by atoms with E-state index in [2.05, 4.69) is 0 Å². The molecule has 118 valence electrons. The molecule has 0 saturated heterocycles. The average Bonchev–Trinajstić information content (AvgIpc) is 2.46. The molecule has 0 radical (unpaired) electrons. The van der Waals surface area contributed by atoms with Gasteiger partial charge >= 0.3 is 5.97 Å². The Kier molecular flexibility index (Phi) is 5.14. The van der Waals surface area contributed by atoms with Gasteiger partial charge in [0.2, 0.25) is 0 Å². The number of carbonyl (C=O) groups is 1. The minimum atomic E-state index is -0.402. The van der Waals surface area contributed by atoms with Gasteiger partial charge < -0.3 is 14.2 Å². The van der Waals surface area contributed by atoms with Crippen molar-refractivity contribution < 1.29 is 19.0 Å². The Hall–Kier alpha value is -1.94. The van der Waals surface area contributed by atoms with Crippen molar-refractivity contribution >= 4 is 28.3 Å². The Bertz CT molecular complexity index is 710. The van der Waals surface area contributed by atoms with Crippen LogP contribution in [0.1, 0.15) is 26.3 Å². The Morgan fingerprint density at radius 1 is 1.05 bits per heavy atom. The Balaban J connectivity index is 2.85. The van der Waals surface area contributed by atoms with E-state index < -0.39 is 5.97 Å². The van der Waals surface area contributed by atoms with Gasteiger partial charge in [-0.25, -0.2) is 0 Å². The van der Waals surface area contributed by atoms with E-state index in [9.17, 15) is 4.79 Å². The molecule has 0 unspecified atom stereocenters. The molecule has 22 heavy (non-hydrogen) atoms. The van der Waals surface area contributed by atoms with Crippen LogP contribution in [0, 0.1) is 6.92 Å². The third-order valence-electron chi connectivity index (χ3n) is 3.18. The van der Waals surface area contributed by atoms with Gasteiger partial charge in [0.25, 0.3) is 0 Å². The van der Waals surface area contributed by atoms with Crippen molar-refractivity contribution in [1.82, 2.24) is 0 Å². The minimum Gasteiger partial charge on any atom is -0.493 e. The fraction of sp³-hybridized carbons (Fsp3) is 0.353. The molecule has 2 rings (SSSR count). The molecule has 4 nitrogen and oxygen atoms in total. The first-order chi connectivity index (χ1) is 10.5. The van der Waals surface area contributed by atoms with Crippen LogP contribution >= 0.6 is 11.6 Å². The highest BCUT2D eigenvalue weighted by Crippen LogP contribution is 2.46. The van der Waals surface area contributed by atoms with Crippen LogP contribution in [-0.2, 0) is 4.79 Å². The molecule has 5 heteroatoms. The summed E-state index contributed by atoms with van der Waals surface area (Å²) in [6.07, 6.45) is 0. The first-order valence-electron chi connectivity index (χ1n) is 7.19. The number of halogens is 1. The van der Waals surface area contributed by atoms with Crippen LogP contribution in [0.15, 0.2) is 18.2 Å². The van der Waals surface area contributed by atoms with Crippen molar-refractivity contribution in [1.29, 1.82) is 0 Å². The molecule has 0 fully saturated rings. The fourth-order valence-corrected chi connectivity index (χ4v) is 2.57. The Morgan fingerprint density at radius 3 is 2.27 bits per heavy atom. The normalized spacial score (nSPS) is 10.6. The van der Waals surface area contributed by atoms with Crippen LogP contribution < -0.4 is 14.2 Å². The average molecular weight is 323 g/mol. The summed E-state index contributed by atoms with van der Waals surface area (Å²) in [5, 5.41) is 2.12. The third kappa shape index (κ3) is 3.12. The SMILES string of the molecule is CCOc1c(C)c(OCC)c2cc(Cl)ccc2c1OC(C)=O. The van der Waals surface area contributed by atoms with Gasteiger partial charge in [-0.05, 0) is 39.0 Å². The van der Waals surface area contributed by atoms with E-state index in [0.717, 1.165) is 16.3 Å². The molecule has 0 amide bonds. The van der Waals surface area contributed by atoms with Gasteiger partial charge in [0.1, 0.15) is 5.75 Å². The summed E-state index contributed by atoms with van der Waals surface area (Å²) in [5.74, 6) is 1.22. The van der Waals surface area contributed by atoms with Crippen molar-refractivity contribution in [2.75, 3.05) is 13.2 Å². The lowest BCUT2D eigenvalue weighted by molar-refractivity contribution is -0.131. The van der Waals surface area contributed by atoms with Crippen molar-refractivity contribution in [3.63, 3.8) is 0 Å². The summed E-state index contributed by atoms with van der Waals surface area (Å²) < 4.78 is 16.9. The van der Waals surface area contributed by atoms with E-state index >= 15 is 0 Å². The van der Waals surface area contributed by atoms with Crippen molar-refractivity contribution in [2.24, 2.45) is 0 Å². The molecule has 2 aromatic carbocycles. The molecular weight excluding hydrogens is 304 g/mol. The Labute approximate surface area is 134 Å². The highest BCUT2D eigenvalue weighted by Gasteiger charge is 2.21. The van der Waals surface area contributed by atoms with Crippen LogP contribution in [0.25, 0.3) is 10.8 Å². The van der Waals surface area contributed by atoms with E-state index in [1.54, 1.807) is 18.2 Å². The third-order valence-corrected chi connectivity index (χ3v) is 3.42. The van der Waals surface area contributed by atoms with Gasteiger partial charge in [-0.3, -0.25) is 4.79 Å². The molecule has 0 bridgehead atoms. The summed E-state index contributed by atoms with van der Waals surface area (Å²) in [6.45, 7) is 8.01. The lowest BCUT2D eigenvalue weighted by Gasteiger charge is -2.19. The van der Waals surface area contributed by atoms with Crippen molar-refractivity contribution in [2.45, 2.75) is 27.7 Å². The summed E-state index contributed by atoms with van der Waals surface area (Å²) in [7, 11) is 0. The number of hydrogen-bond acceptors (Lipinski definition) is 4. The number of fused-ring (bicyclic) bond motifs is 1. The zero-order chi connectivity index (χ0) is 16.3.